The number of rotatable bonds is 7. The van der Waals surface area contributed by atoms with Gasteiger partial charge < -0.3 is 19.9 Å². The molecule has 5 nitrogen and oxygen atoms in total. The van der Waals surface area contributed by atoms with Crippen LogP contribution in [0.3, 0.4) is 0 Å². The highest BCUT2D eigenvalue weighted by molar-refractivity contribution is 7.80. The average Bonchev–Trinajstić information content (AvgIpc) is 3.20. The van der Waals surface area contributed by atoms with E-state index in [4.69, 9.17) is 17.0 Å². The molecule has 0 amide bonds. The van der Waals surface area contributed by atoms with Crippen molar-refractivity contribution in [1.29, 1.82) is 0 Å². The maximum atomic E-state index is 12.7. The van der Waals surface area contributed by atoms with Gasteiger partial charge in [0.05, 0.1) is 25.7 Å². The summed E-state index contributed by atoms with van der Waals surface area (Å²) in [6, 6.07) is 12.0. The van der Waals surface area contributed by atoms with Crippen LogP contribution >= 0.6 is 23.6 Å². The first-order valence-corrected chi connectivity index (χ1v) is 10.6. The number of fused-ring (bicyclic) bond motifs is 1. The van der Waals surface area contributed by atoms with Gasteiger partial charge in [-0.05, 0) is 60.6 Å². The molecule has 0 aliphatic carbocycles. The van der Waals surface area contributed by atoms with E-state index in [1.165, 1.54) is 4.88 Å². The lowest BCUT2D eigenvalue weighted by Gasteiger charge is -2.27. The van der Waals surface area contributed by atoms with Gasteiger partial charge >= 0.3 is 0 Å². The molecule has 7 heteroatoms. The second-order valence-electron chi connectivity index (χ2n) is 6.77. The summed E-state index contributed by atoms with van der Waals surface area (Å²) in [6.45, 7) is 5.33. The first-order valence-electron chi connectivity index (χ1n) is 9.28. The van der Waals surface area contributed by atoms with Gasteiger partial charge in [0, 0.05) is 22.5 Å². The number of methoxy groups -OCH3 is 1. The molecule has 148 valence electrons. The van der Waals surface area contributed by atoms with E-state index in [9.17, 15) is 4.79 Å². The second kappa shape index (κ2) is 9.21. The quantitative estimate of drug-likeness (QED) is 0.564. The Hall–Kier alpha value is -2.38. The first kappa shape index (κ1) is 20.4. The molecule has 0 aliphatic rings. The standard InChI is InChI=1S/C21H25N3O2S2/c1-4-14(2)22-21(27)24(13-18-6-5-9-28-18)12-16-10-15-7-8-17(26-3)11-19(15)23-20(16)25/h5-11,14H,4,12-13H2,1-3H3,(H,22,27)(H,23,25)/t14-/m0/s1. The molecular weight excluding hydrogens is 390 g/mol. The molecule has 2 N–H and O–H groups in total. The number of thiophene rings is 1. The van der Waals surface area contributed by atoms with Gasteiger partial charge in [-0.15, -0.1) is 11.3 Å². The van der Waals surface area contributed by atoms with Crippen molar-refractivity contribution in [3.63, 3.8) is 0 Å². The predicted octanol–water partition coefficient (Wildman–Crippen LogP) is 4.27. The molecule has 3 aromatic rings. The monoisotopic (exact) mass is 415 g/mol. The Morgan fingerprint density at radius 1 is 1.32 bits per heavy atom. The lowest BCUT2D eigenvalue weighted by molar-refractivity contribution is 0.393. The van der Waals surface area contributed by atoms with E-state index >= 15 is 0 Å². The Kier molecular flexibility index (Phi) is 6.70. The van der Waals surface area contributed by atoms with E-state index in [1.807, 2.05) is 35.2 Å². The largest absolute Gasteiger partial charge is 0.497 e. The molecule has 28 heavy (non-hydrogen) atoms. The molecule has 2 heterocycles. The smallest absolute Gasteiger partial charge is 0.253 e. The van der Waals surface area contributed by atoms with E-state index in [0.717, 1.165) is 17.3 Å². The Balaban J connectivity index is 1.89. The summed E-state index contributed by atoms with van der Waals surface area (Å²) in [4.78, 5) is 18.9. The minimum Gasteiger partial charge on any atom is -0.497 e. The number of ether oxygens (including phenoxy) is 1. The summed E-state index contributed by atoms with van der Waals surface area (Å²) in [5, 5.41) is 7.05. The van der Waals surface area contributed by atoms with Crippen LogP contribution in [0.2, 0.25) is 0 Å². The summed E-state index contributed by atoms with van der Waals surface area (Å²) in [7, 11) is 1.61. The highest BCUT2D eigenvalue weighted by Gasteiger charge is 2.16. The zero-order chi connectivity index (χ0) is 20.1. The number of thiocarbonyl (C=S) groups is 1. The summed E-state index contributed by atoms with van der Waals surface area (Å²) < 4.78 is 5.24. The van der Waals surface area contributed by atoms with E-state index in [2.05, 4.69) is 35.6 Å². The average molecular weight is 416 g/mol. The molecule has 0 bridgehead atoms. The maximum absolute atomic E-state index is 12.7. The lowest BCUT2D eigenvalue weighted by atomic mass is 10.1. The summed E-state index contributed by atoms with van der Waals surface area (Å²) in [5.41, 5.74) is 1.34. The van der Waals surface area contributed by atoms with E-state index in [1.54, 1.807) is 18.4 Å². The fourth-order valence-electron chi connectivity index (χ4n) is 2.87. The molecule has 0 fully saturated rings. The van der Waals surface area contributed by atoms with Gasteiger partial charge in [0.2, 0.25) is 0 Å². The zero-order valence-electron chi connectivity index (χ0n) is 16.3. The molecular formula is C21H25N3O2S2. The van der Waals surface area contributed by atoms with Crippen LogP contribution in [-0.4, -0.2) is 28.1 Å². The normalized spacial score (nSPS) is 12.0. The third-order valence-corrected chi connectivity index (χ3v) is 5.92. The topological polar surface area (TPSA) is 57.4 Å². The molecule has 0 saturated heterocycles. The number of nitrogens with one attached hydrogen (secondary N) is 2. The van der Waals surface area contributed by atoms with E-state index < -0.39 is 0 Å². The molecule has 2 aromatic heterocycles. The van der Waals surface area contributed by atoms with Crippen molar-refractivity contribution in [2.24, 2.45) is 0 Å². The van der Waals surface area contributed by atoms with Gasteiger partial charge in [0.15, 0.2) is 5.11 Å². The Bertz CT molecular complexity index is 999. The van der Waals surface area contributed by atoms with Crippen LogP contribution < -0.4 is 15.6 Å². The van der Waals surface area contributed by atoms with Crippen molar-refractivity contribution in [2.75, 3.05) is 7.11 Å². The third-order valence-electron chi connectivity index (χ3n) is 4.69. The van der Waals surface area contributed by atoms with Gasteiger partial charge in [-0.2, -0.15) is 0 Å². The van der Waals surface area contributed by atoms with Gasteiger partial charge in [-0.3, -0.25) is 4.79 Å². The van der Waals surface area contributed by atoms with Crippen LogP contribution in [0.25, 0.3) is 10.9 Å². The van der Waals surface area contributed by atoms with Crippen molar-refractivity contribution in [2.45, 2.75) is 39.4 Å². The number of aromatic nitrogens is 1. The highest BCUT2D eigenvalue weighted by atomic mass is 32.1. The SMILES string of the molecule is CC[C@H](C)NC(=S)N(Cc1cccs1)Cc1cc2ccc(OC)cc2[nH]c1=O. The molecule has 0 unspecified atom stereocenters. The summed E-state index contributed by atoms with van der Waals surface area (Å²) in [5.74, 6) is 0.717. The van der Waals surface area contributed by atoms with Crippen molar-refractivity contribution in [1.82, 2.24) is 15.2 Å². The minimum atomic E-state index is -0.108. The summed E-state index contributed by atoms with van der Waals surface area (Å²) >= 11 is 7.34. The molecule has 3 rings (SSSR count). The fraction of sp³-hybridized carbons (Fsp3) is 0.333. The number of nitrogens with zero attached hydrogens (tertiary/aromatic N) is 1. The van der Waals surface area contributed by atoms with E-state index in [0.29, 0.717) is 29.5 Å². The number of hydrogen-bond acceptors (Lipinski definition) is 4. The van der Waals surface area contributed by atoms with Crippen molar-refractivity contribution in [3.05, 3.63) is 62.6 Å². The van der Waals surface area contributed by atoms with Crippen LogP contribution in [0, 0.1) is 0 Å². The molecule has 0 saturated carbocycles. The molecule has 1 atom stereocenters. The van der Waals surface area contributed by atoms with Crippen LogP contribution in [0.4, 0.5) is 0 Å². The summed E-state index contributed by atoms with van der Waals surface area (Å²) in [6.07, 6.45) is 0.978. The van der Waals surface area contributed by atoms with Gasteiger partial charge in [0.1, 0.15) is 5.75 Å². The van der Waals surface area contributed by atoms with Crippen molar-refractivity contribution >= 4 is 39.6 Å². The number of pyridine rings is 1. The number of hydrogen-bond donors (Lipinski definition) is 2. The highest BCUT2D eigenvalue weighted by Crippen LogP contribution is 2.20. The first-order chi connectivity index (χ1) is 13.5. The molecule has 0 aliphatic heterocycles. The molecule has 0 spiro atoms. The van der Waals surface area contributed by atoms with Crippen molar-refractivity contribution in [3.8, 4) is 5.75 Å². The van der Waals surface area contributed by atoms with Crippen LogP contribution in [0.5, 0.6) is 5.75 Å². The van der Waals surface area contributed by atoms with Gasteiger partial charge in [-0.1, -0.05) is 13.0 Å². The van der Waals surface area contributed by atoms with Crippen LogP contribution in [-0.2, 0) is 13.1 Å². The molecule has 1 aromatic carbocycles. The van der Waals surface area contributed by atoms with Gasteiger partial charge in [-0.25, -0.2) is 0 Å². The molecule has 0 radical (unpaired) electrons. The Labute approximate surface area is 174 Å². The third kappa shape index (κ3) is 4.91. The van der Waals surface area contributed by atoms with Crippen molar-refractivity contribution < 1.29 is 4.74 Å². The van der Waals surface area contributed by atoms with Gasteiger partial charge in [0.25, 0.3) is 5.56 Å². The number of aromatic amines is 1. The van der Waals surface area contributed by atoms with Crippen LogP contribution in [0.15, 0.2) is 46.6 Å². The minimum absolute atomic E-state index is 0.108. The number of H-pyrrole nitrogens is 1. The Morgan fingerprint density at radius 3 is 2.82 bits per heavy atom. The zero-order valence-corrected chi connectivity index (χ0v) is 18.0. The number of benzene rings is 1. The van der Waals surface area contributed by atoms with E-state index in [-0.39, 0.29) is 11.6 Å². The predicted molar refractivity (Wildman–Crippen MR) is 120 cm³/mol. The van der Waals surface area contributed by atoms with Crippen LogP contribution in [0.1, 0.15) is 30.7 Å². The lowest BCUT2D eigenvalue weighted by Crippen LogP contribution is -2.43. The Morgan fingerprint density at radius 2 is 2.14 bits per heavy atom. The maximum Gasteiger partial charge on any atom is 0.253 e. The fourth-order valence-corrected chi connectivity index (χ4v) is 3.92. The second-order valence-corrected chi connectivity index (χ2v) is 8.19.